The molecule has 0 amide bonds. The van der Waals surface area contributed by atoms with Crippen molar-refractivity contribution in [2.24, 2.45) is 0 Å². The maximum Gasteiger partial charge on any atom is 0.308 e. The van der Waals surface area contributed by atoms with Gasteiger partial charge in [-0.3, -0.25) is 4.79 Å². The van der Waals surface area contributed by atoms with Gasteiger partial charge in [0.25, 0.3) is 0 Å². The number of benzene rings is 1. The lowest BCUT2D eigenvalue weighted by Gasteiger charge is -2.26. The van der Waals surface area contributed by atoms with Gasteiger partial charge in [0.2, 0.25) is 0 Å². The van der Waals surface area contributed by atoms with E-state index in [2.05, 4.69) is 40.7 Å². The molecular formula is C21H30O4. The van der Waals surface area contributed by atoms with Gasteiger partial charge in [-0.2, -0.15) is 0 Å². The predicted octanol–water partition coefficient (Wildman–Crippen LogP) is 3.83. The fraction of sp³-hybridized carbons (Fsp3) is 0.667. The third kappa shape index (κ3) is 3.84. The van der Waals surface area contributed by atoms with Crippen molar-refractivity contribution in [2.75, 3.05) is 0 Å². The summed E-state index contributed by atoms with van der Waals surface area (Å²) in [6.45, 7) is 10.9. The van der Waals surface area contributed by atoms with Crippen LogP contribution < -0.4 is 4.74 Å². The molecule has 3 rings (SSSR count). The van der Waals surface area contributed by atoms with Crippen LogP contribution in [0.2, 0.25) is 0 Å². The summed E-state index contributed by atoms with van der Waals surface area (Å²) in [6, 6.07) is 2.30. The Labute approximate surface area is 150 Å². The molecule has 1 fully saturated rings. The summed E-state index contributed by atoms with van der Waals surface area (Å²) in [7, 11) is 0. The quantitative estimate of drug-likeness (QED) is 0.842. The van der Waals surface area contributed by atoms with Gasteiger partial charge in [0.05, 0.1) is 12.5 Å². The van der Waals surface area contributed by atoms with Crippen LogP contribution in [0.3, 0.4) is 0 Å². The monoisotopic (exact) mass is 346 g/mol. The first-order valence-electron chi connectivity index (χ1n) is 9.38. The van der Waals surface area contributed by atoms with Crippen LogP contribution in [0.15, 0.2) is 6.07 Å². The van der Waals surface area contributed by atoms with E-state index in [9.17, 15) is 9.90 Å². The molecule has 2 aliphatic rings. The topological polar surface area (TPSA) is 55.8 Å². The van der Waals surface area contributed by atoms with E-state index in [1.165, 1.54) is 22.3 Å². The molecule has 1 aromatic rings. The minimum atomic E-state index is -0.573. The summed E-state index contributed by atoms with van der Waals surface area (Å²) >= 11 is 0. The number of aliphatic hydroxyl groups excluding tert-OH is 1. The number of fused-ring (bicyclic) bond motifs is 1. The Bertz CT molecular complexity index is 675. The lowest BCUT2D eigenvalue weighted by Crippen LogP contribution is -2.32. The Morgan fingerprint density at radius 3 is 2.72 bits per heavy atom. The first-order chi connectivity index (χ1) is 11.7. The Morgan fingerprint density at radius 2 is 2.08 bits per heavy atom. The second-order valence-corrected chi connectivity index (χ2v) is 8.51. The summed E-state index contributed by atoms with van der Waals surface area (Å²) in [5.74, 6) is 1.21. The molecule has 2 heterocycles. The first-order valence-corrected chi connectivity index (χ1v) is 9.38. The number of hydrogen-bond donors (Lipinski definition) is 1. The predicted molar refractivity (Wildman–Crippen MR) is 97.1 cm³/mol. The van der Waals surface area contributed by atoms with Gasteiger partial charge >= 0.3 is 5.97 Å². The van der Waals surface area contributed by atoms with Crippen molar-refractivity contribution < 1.29 is 19.4 Å². The van der Waals surface area contributed by atoms with Crippen LogP contribution in [0.4, 0.5) is 0 Å². The van der Waals surface area contributed by atoms with Crippen LogP contribution in [-0.2, 0) is 22.4 Å². The molecule has 1 N–H and O–H groups in total. The SMILES string of the molecule is Cc1cc(C(C)C)c2c(c1CC[C@@H]1C[C@@H](O)CC(=O)O1)OC(C)(C)C2. The minimum absolute atomic E-state index is 0.116. The third-order valence-corrected chi connectivity index (χ3v) is 5.30. The van der Waals surface area contributed by atoms with Gasteiger partial charge in [0.1, 0.15) is 17.5 Å². The molecule has 4 nitrogen and oxygen atoms in total. The Hall–Kier alpha value is -1.55. The van der Waals surface area contributed by atoms with Gasteiger partial charge < -0.3 is 14.6 Å². The fourth-order valence-electron chi connectivity index (χ4n) is 4.11. The van der Waals surface area contributed by atoms with Gasteiger partial charge in [-0.15, -0.1) is 0 Å². The number of esters is 1. The molecule has 0 radical (unpaired) electrons. The van der Waals surface area contributed by atoms with Crippen molar-refractivity contribution in [2.45, 2.75) is 90.4 Å². The fourth-order valence-corrected chi connectivity index (χ4v) is 4.11. The van der Waals surface area contributed by atoms with E-state index in [0.29, 0.717) is 12.3 Å². The van der Waals surface area contributed by atoms with Crippen LogP contribution in [0.1, 0.15) is 75.1 Å². The van der Waals surface area contributed by atoms with E-state index in [1.54, 1.807) is 0 Å². The molecule has 0 saturated carbocycles. The van der Waals surface area contributed by atoms with Gasteiger partial charge in [-0.05, 0) is 56.2 Å². The van der Waals surface area contributed by atoms with Gasteiger partial charge in [-0.1, -0.05) is 19.9 Å². The molecule has 1 aromatic carbocycles. The lowest BCUT2D eigenvalue weighted by atomic mass is 9.87. The number of ether oxygens (including phenoxy) is 2. The first kappa shape index (κ1) is 18.2. The normalized spacial score (nSPS) is 24.8. The number of aliphatic hydroxyl groups is 1. The van der Waals surface area contributed by atoms with Crippen molar-refractivity contribution in [3.8, 4) is 5.75 Å². The second kappa shape index (κ2) is 6.64. The van der Waals surface area contributed by atoms with E-state index >= 15 is 0 Å². The molecule has 0 spiro atoms. The summed E-state index contributed by atoms with van der Waals surface area (Å²) in [5.41, 5.74) is 4.99. The molecule has 0 aliphatic carbocycles. The number of hydrogen-bond acceptors (Lipinski definition) is 4. The zero-order chi connectivity index (χ0) is 18.4. The van der Waals surface area contributed by atoms with Crippen molar-refractivity contribution in [1.82, 2.24) is 0 Å². The average Bonchev–Trinajstić information content (AvgIpc) is 2.79. The molecule has 2 atom stereocenters. The molecule has 0 unspecified atom stereocenters. The summed E-state index contributed by atoms with van der Waals surface area (Å²) in [4.78, 5) is 11.5. The highest BCUT2D eigenvalue weighted by Gasteiger charge is 2.35. The summed E-state index contributed by atoms with van der Waals surface area (Å²) < 4.78 is 11.7. The number of rotatable bonds is 4. The van der Waals surface area contributed by atoms with Gasteiger partial charge in [-0.25, -0.2) is 0 Å². The zero-order valence-electron chi connectivity index (χ0n) is 16.0. The molecule has 0 bridgehead atoms. The Kier molecular flexibility index (Phi) is 4.84. The number of aryl methyl sites for hydroxylation is 1. The standard InChI is InChI=1S/C21H30O4/c1-12(2)17-8-13(3)16(20-18(17)11-21(4,5)25-20)7-6-15-9-14(22)10-19(23)24-15/h8,12,14-15,22H,6-7,9-11H2,1-5H3/t14-,15-/m1/s1. The van der Waals surface area contributed by atoms with Gasteiger partial charge in [0.15, 0.2) is 0 Å². The molecule has 1 saturated heterocycles. The van der Waals surface area contributed by atoms with E-state index < -0.39 is 6.10 Å². The molecule has 25 heavy (non-hydrogen) atoms. The summed E-state index contributed by atoms with van der Waals surface area (Å²) in [6.07, 6.45) is 2.32. The number of cyclic esters (lactones) is 1. The highest BCUT2D eigenvalue weighted by Crippen LogP contribution is 2.44. The molecule has 2 aliphatic heterocycles. The molecule has 4 heteroatoms. The molecule has 138 valence electrons. The zero-order valence-corrected chi connectivity index (χ0v) is 16.0. The van der Waals surface area contributed by atoms with Crippen LogP contribution in [0.5, 0.6) is 5.75 Å². The summed E-state index contributed by atoms with van der Waals surface area (Å²) in [5, 5.41) is 9.80. The Balaban J connectivity index is 1.85. The molecule has 0 aromatic heterocycles. The smallest absolute Gasteiger partial charge is 0.308 e. The van der Waals surface area contributed by atoms with E-state index in [4.69, 9.17) is 9.47 Å². The van der Waals surface area contributed by atoms with E-state index in [1.807, 2.05) is 0 Å². The van der Waals surface area contributed by atoms with E-state index in [-0.39, 0.29) is 24.1 Å². The van der Waals surface area contributed by atoms with Crippen LogP contribution in [0, 0.1) is 6.92 Å². The third-order valence-electron chi connectivity index (χ3n) is 5.30. The second-order valence-electron chi connectivity index (χ2n) is 8.51. The van der Waals surface area contributed by atoms with Crippen LogP contribution >= 0.6 is 0 Å². The van der Waals surface area contributed by atoms with Crippen molar-refractivity contribution in [1.29, 1.82) is 0 Å². The highest BCUT2D eigenvalue weighted by molar-refractivity contribution is 5.71. The number of carbonyl (C=O) groups is 1. The highest BCUT2D eigenvalue weighted by atomic mass is 16.5. The molecular weight excluding hydrogens is 316 g/mol. The van der Waals surface area contributed by atoms with Crippen molar-refractivity contribution in [3.63, 3.8) is 0 Å². The van der Waals surface area contributed by atoms with Gasteiger partial charge in [0, 0.05) is 18.4 Å². The average molecular weight is 346 g/mol. The minimum Gasteiger partial charge on any atom is -0.487 e. The van der Waals surface area contributed by atoms with Crippen molar-refractivity contribution >= 4 is 5.97 Å². The number of carbonyl (C=O) groups excluding carboxylic acids is 1. The maximum absolute atomic E-state index is 11.5. The van der Waals surface area contributed by atoms with Crippen LogP contribution in [-0.4, -0.2) is 28.9 Å². The van der Waals surface area contributed by atoms with Crippen molar-refractivity contribution in [3.05, 3.63) is 28.3 Å². The Morgan fingerprint density at radius 1 is 1.36 bits per heavy atom. The van der Waals surface area contributed by atoms with Crippen LogP contribution in [0.25, 0.3) is 0 Å². The van der Waals surface area contributed by atoms with E-state index in [0.717, 1.165) is 25.0 Å². The largest absolute Gasteiger partial charge is 0.487 e. The maximum atomic E-state index is 11.5. The lowest BCUT2D eigenvalue weighted by molar-refractivity contribution is -0.160.